The van der Waals surface area contributed by atoms with Gasteiger partial charge < -0.3 is 14.4 Å². The average molecular weight is 401 g/mol. The van der Waals surface area contributed by atoms with Gasteiger partial charge in [0.15, 0.2) is 5.13 Å². The number of nitrogens with one attached hydrogen (secondary N) is 1. The number of carbonyl (C=O) groups is 2. The van der Waals surface area contributed by atoms with Gasteiger partial charge in [0.2, 0.25) is 0 Å². The fraction of sp³-hybridized carbons (Fsp3) is 0.450. The Labute approximate surface area is 167 Å². The van der Waals surface area contributed by atoms with E-state index >= 15 is 0 Å². The number of thiazole rings is 1. The van der Waals surface area contributed by atoms with Gasteiger partial charge in [-0.1, -0.05) is 11.3 Å². The molecular weight excluding hydrogens is 378 g/mol. The van der Waals surface area contributed by atoms with E-state index in [0.717, 1.165) is 29.2 Å². The summed E-state index contributed by atoms with van der Waals surface area (Å²) < 4.78 is 10.8. The van der Waals surface area contributed by atoms with Crippen molar-refractivity contribution in [2.45, 2.75) is 38.8 Å². The first-order chi connectivity index (χ1) is 13.6. The number of nitrogens with zero attached hydrogens (tertiary/aromatic N) is 2. The molecule has 8 heteroatoms. The Kier molecular flexibility index (Phi) is 5.59. The van der Waals surface area contributed by atoms with Crippen molar-refractivity contribution in [2.75, 3.05) is 25.1 Å². The van der Waals surface area contributed by atoms with Gasteiger partial charge >= 0.3 is 0 Å². The van der Waals surface area contributed by atoms with Crippen LogP contribution in [0.2, 0.25) is 0 Å². The molecular formula is C20H23N3O4S. The molecule has 2 aromatic rings. The molecule has 1 saturated heterocycles. The molecule has 1 aromatic heterocycles. The molecule has 1 aromatic carbocycles. The summed E-state index contributed by atoms with van der Waals surface area (Å²) in [6, 6.07) is 7.22. The monoisotopic (exact) mass is 401 g/mol. The van der Waals surface area contributed by atoms with E-state index in [1.807, 2.05) is 24.0 Å². The van der Waals surface area contributed by atoms with Gasteiger partial charge in [-0.05, 0) is 44.0 Å². The minimum absolute atomic E-state index is 0.00737. The molecule has 0 radical (unpaired) electrons. The molecule has 2 aliphatic rings. The maximum atomic E-state index is 12.8. The van der Waals surface area contributed by atoms with Crippen molar-refractivity contribution >= 4 is 28.3 Å². The van der Waals surface area contributed by atoms with Crippen molar-refractivity contribution in [3.8, 4) is 5.75 Å². The molecule has 1 atom stereocenters. The molecule has 1 fully saturated rings. The van der Waals surface area contributed by atoms with Crippen LogP contribution in [-0.4, -0.2) is 47.6 Å². The van der Waals surface area contributed by atoms with Crippen molar-refractivity contribution in [3.05, 3.63) is 40.4 Å². The summed E-state index contributed by atoms with van der Waals surface area (Å²) in [5, 5.41) is 3.45. The van der Waals surface area contributed by atoms with Crippen LogP contribution in [0.15, 0.2) is 24.3 Å². The lowest BCUT2D eigenvalue weighted by atomic mass is 10.1. The van der Waals surface area contributed by atoms with Gasteiger partial charge in [-0.15, -0.1) is 0 Å². The van der Waals surface area contributed by atoms with Gasteiger partial charge in [0.05, 0.1) is 18.8 Å². The molecule has 0 bridgehead atoms. The second-order valence-corrected chi connectivity index (χ2v) is 7.90. The molecule has 1 N–H and O–H groups in total. The predicted octanol–water partition coefficient (Wildman–Crippen LogP) is 2.86. The van der Waals surface area contributed by atoms with Crippen LogP contribution < -0.4 is 10.1 Å². The Morgan fingerprint density at radius 1 is 1.36 bits per heavy atom. The summed E-state index contributed by atoms with van der Waals surface area (Å²) in [5.41, 5.74) is 1.60. The summed E-state index contributed by atoms with van der Waals surface area (Å²) in [6.45, 7) is 4.28. The highest BCUT2D eigenvalue weighted by molar-refractivity contribution is 7.15. The van der Waals surface area contributed by atoms with Gasteiger partial charge in [-0.25, -0.2) is 4.98 Å². The lowest BCUT2D eigenvalue weighted by Gasteiger charge is -2.26. The number of carbonyl (C=O) groups excluding carboxylic acids is 2. The summed E-state index contributed by atoms with van der Waals surface area (Å²) >= 11 is 1.44. The number of benzene rings is 1. The number of amides is 2. The number of rotatable bonds is 5. The van der Waals surface area contributed by atoms with E-state index in [-0.39, 0.29) is 17.9 Å². The zero-order chi connectivity index (χ0) is 19.5. The Morgan fingerprint density at radius 3 is 2.89 bits per heavy atom. The standard InChI is InChI=1S/C20H23N3O4S/c1-2-26-14-7-5-13(6-8-14)19(25)23-10-9-15-17(12-23)28-20(21-15)22-18(24)16-4-3-11-27-16/h5-8,16H,2-4,9-12H2,1H3,(H,21,22,24). The van der Waals surface area contributed by atoms with Gasteiger partial charge in [-0.3, -0.25) is 14.9 Å². The Hall–Kier alpha value is -2.45. The summed E-state index contributed by atoms with van der Waals surface area (Å²) in [6.07, 6.45) is 1.97. The maximum absolute atomic E-state index is 12.8. The fourth-order valence-corrected chi connectivity index (χ4v) is 4.46. The van der Waals surface area contributed by atoms with Crippen LogP contribution in [0.1, 0.15) is 40.7 Å². The van der Waals surface area contributed by atoms with Crippen molar-refractivity contribution in [3.63, 3.8) is 0 Å². The molecule has 28 heavy (non-hydrogen) atoms. The highest BCUT2D eigenvalue weighted by atomic mass is 32.1. The van der Waals surface area contributed by atoms with Crippen LogP contribution in [0.5, 0.6) is 5.75 Å². The Bertz CT molecular complexity index is 859. The van der Waals surface area contributed by atoms with Crippen LogP contribution in [-0.2, 0) is 22.5 Å². The number of hydrogen-bond donors (Lipinski definition) is 1. The normalized spacial score (nSPS) is 18.6. The predicted molar refractivity (Wildman–Crippen MR) is 106 cm³/mol. The van der Waals surface area contributed by atoms with Gasteiger partial charge in [0.1, 0.15) is 11.9 Å². The molecule has 2 aliphatic heterocycles. The Morgan fingerprint density at radius 2 is 2.18 bits per heavy atom. The first kappa shape index (κ1) is 18.9. The van der Waals surface area contributed by atoms with Crippen LogP contribution >= 0.6 is 11.3 Å². The third-order valence-electron chi connectivity index (χ3n) is 4.88. The second-order valence-electron chi connectivity index (χ2n) is 6.81. The SMILES string of the molecule is CCOc1ccc(C(=O)N2CCc3nc(NC(=O)C4CCCO4)sc3C2)cc1. The molecule has 4 rings (SSSR count). The van der Waals surface area contributed by atoms with E-state index in [1.54, 1.807) is 12.1 Å². The third-order valence-corrected chi connectivity index (χ3v) is 5.88. The van der Waals surface area contributed by atoms with E-state index in [9.17, 15) is 9.59 Å². The number of hydrogen-bond acceptors (Lipinski definition) is 6. The topological polar surface area (TPSA) is 80.8 Å². The number of aromatic nitrogens is 1. The molecule has 0 saturated carbocycles. The van der Waals surface area contributed by atoms with Gasteiger partial charge in [-0.2, -0.15) is 0 Å². The highest BCUT2D eigenvalue weighted by Gasteiger charge is 2.27. The summed E-state index contributed by atoms with van der Waals surface area (Å²) in [4.78, 5) is 32.4. The smallest absolute Gasteiger partial charge is 0.255 e. The van der Waals surface area contributed by atoms with Crippen LogP contribution in [0.4, 0.5) is 5.13 Å². The van der Waals surface area contributed by atoms with E-state index in [2.05, 4.69) is 10.3 Å². The average Bonchev–Trinajstić information content (AvgIpc) is 3.37. The quantitative estimate of drug-likeness (QED) is 0.833. The van der Waals surface area contributed by atoms with Crippen molar-refractivity contribution in [1.82, 2.24) is 9.88 Å². The molecule has 7 nitrogen and oxygen atoms in total. The lowest BCUT2D eigenvalue weighted by Crippen LogP contribution is -2.35. The van der Waals surface area contributed by atoms with E-state index in [4.69, 9.17) is 9.47 Å². The van der Waals surface area contributed by atoms with Gasteiger partial charge in [0.25, 0.3) is 11.8 Å². The minimum Gasteiger partial charge on any atom is -0.494 e. The molecule has 148 valence electrons. The molecule has 0 spiro atoms. The molecule has 1 unspecified atom stereocenters. The molecule has 3 heterocycles. The zero-order valence-electron chi connectivity index (χ0n) is 15.8. The lowest BCUT2D eigenvalue weighted by molar-refractivity contribution is -0.124. The van der Waals surface area contributed by atoms with E-state index in [1.165, 1.54) is 11.3 Å². The largest absolute Gasteiger partial charge is 0.494 e. The zero-order valence-corrected chi connectivity index (χ0v) is 16.6. The fourth-order valence-electron chi connectivity index (χ4n) is 3.44. The summed E-state index contributed by atoms with van der Waals surface area (Å²) in [5.74, 6) is 0.618. The maximum Gasteiger partial charge on any atom is 0.255 e. The first-order valence-electron chi connectivity index (χ1n) is 9.57. The molecule has 0 aliphatic carbocycles. The van der Waals surface area contributed by atoms with E-state index < -0.39 is 0 Å². The first-order valence-corrected chi connectivity index (χ1v) is 10.4. The number of fused-ring (bicyclic) bond motifs is 1. The minimum atomic E-state index is -0.376. The van der Waals surface area contributed by atoms with Crippen molar-refractivity contribution in [2.24, 2.45) is 0 Å². The van der Waals surface area contributed by atoms with Crippen LogP contribution in [0, 0.1) is 0 Å². The van der Waals surface area contributed by atoms with E-state index in [0.29, 0.717) is 43.4 Å². The summed E-state index contributed by atoms with van der Waals surface area (Å²) in [7, 11) is 0. The van der Waals surface area contributed by atoms with Crippen LogP contribution in [0.3, 0.4) is 0 Å². The highest BCUT2D eigenvalue weighted by Crippen LogP contribution is 2.29. The third kappa shape index (κ3) is 4.02. The second kappa shape index (κ2) is 8.28. The van der Waals surface area contributed by atoms with Crippen molar-refractivity contribution in [1.29, 1.82) is 0 Å². The van der Waals surface area contributed by atoms with Gasteiger partial charge in [0, 0.05) is 30.0 Å². The molecule has 2 amide bonds. The van der Waals surface area contributed by atoms with Crippen molar-refractivity contribution < 1.29 is 19.1 Å². The van der Waals surface area contributed by atoms with Crippen LogP contribution in [0.25, 0.3) is 0 Å². The Balaban J connectivity index is 1.40. The number of ether oxygens (including phenoxy) is 2. The number of anilines is 1.